The van der Waals surface area contributed by atoms with Crippen LogP contribution in [0.3, 0.4) is 0 Å². The molecule has 1 aromatic rings. The highest BCUT2D eigenvalue weighted by atomic mass is 32.1. The van der Waals surface area contributed by atoms with Gasteiger partial charge < -0.3 is 17.7 Å². The van der Waals surface area contributed by atoms with Crippen LogP contribution in [0.1, 0.15) is 15.2 Å². The first-order valence-corrected chi connectivity index (χ1v) is 4.62. The summed E-state index contributed by atoms with van der Waals surface area (Å²) in [6.45, 7) is -3.82. The summed E-state index contributed by atoms with van der Waals surface area (Å²) in [7, 11) is 1.06. The number of carbonyl (C=O) groups is 1. The summed E-state index contributed by atoms with van der Waals surface area (Å²) < 4.78 is 41.8. The molecule has 0 aliphatic rings. The molecule has 0 unspecified atom stereocenters. The van der Waals surface area contributed by atoms with Crippen LogP contribution in [-0.2, 0) is 4.74 Å². The second-order valence-corrected chi connectivity index (χ2v) is 3.61. The molecule has 1 rings (SSSR count). The van der Waals surface area contributed by atoms with Crippen molar-refractivity contribution in [1.29, 1.82) is 0 Å². The Morgan fingerprint density at radius 2 is 2.07 bits per heavy atom. The highest BCUT2D eigenvalue weighted by Crippen LogP contribution is 2.20. The van der Waals surface area contributed by atoms with Gasteiger partial charge in [0, 0.05) is 0 Å². The van der Waals surface area contributed by atoms with Gasteiger partial charge in [0.25, 0.3) is 0 Å². The van der Waals surface area contributed by atoms with Crippen LogP contribution in [0, 0.1) is 6.92 Å². The molecule has 7 heteroatoms. The van der Waals surface area contributed by atoms with Crippen molar-refractivity contribution in [3.8, 4) is 0 Å². The van der Waals surface area contributed by atoms with Gasteiger partial charge in [0.05, 0.1) is 12.0 Å². The minimum absolute atomic E-state index is 0.0721. The molecule has 0 amide bonds. The van der Waals surface area contributed by atoms with Crippen LogP contribution in [0.5, 0.6) is 0 Å². The summed E-state index contributed by atoms with van der Waals surface area (Å²) in [5.41, 5.74) is -0.759. The van der Waals surface area contributed by atoms with Crippen LogP contribution < -0.4 is 5.46 Å². The molecule has 0 aromatic carbocycles. The number of esters is 1. The van der Waals surface area contributed by atoms with E-state index in [1.807, 2.05) is 0 Å². The normalized spacial score (nSPS) is 11.5. The Kier molecular flexibility index (Phi) is 2.89. The summed E-state index contributed by atoms with van der Waals surface area (Å²) >= 11 is 0.757. The van der Waals surface area contributed by atoms with Gasteiger partial charge in [-0.1, -0.05) is 11.0 Å². The van der Waals surface area contributed by atoms with Gasteiger partial charge in [-0.05, 0) is 12.3 Å². The van der Waals surface area contributed by atoms with Crippen molar-refractivity contribution in [1.82, 2.24) is 0 Å². The maximum atomic E-state index is 12.5. The average molecular weight is 223 g/mol. The molecule has 0 spiro atoms. The van der Waals surface area contributed by atoms with Crippen molar-refractivity contribution in [3.05, 3.63) is 15.8 Å². The van der Waals surface area contributed by atoms with Crippen LogP contribution in [-0.4, -0.2) is 20.1 Å². The topological polar surface area (TPSA) is 26.3 Å². The quantitative estimate of drug-likeness (QED) is 0.565. The van der Waals surface area contributed by atoms with Gasteiger partial charge in [0.2, 0.25) is 0 Å². The second-order valence-electron chi connectivity index (χ2n) is 2.73. The minimum atomic E-state index is -5.15. The number of hydrogen-bond acceptors (Lipinski definition) is 3. The largest absolute Gasteiger partial charge is 0.511 e. The molecule has 0 aliphatic heterocycles. The molecule has 14 heavy (non-hydrogen) atoms. The molecule has 78 valence electrons. The molecule has 2 nitrogen and oxygen atoms in total. The zero-order valence-electron chi connectivity index (χ0n) is 7.51. The van der Waals surface area contributed by atoms with E-state index in [9.17, 15) is 17.7 Å². The first-order valence-electron chi connectivity index (χ1n) is 3.74. The third-order valence-corrected chi connectivity index (χ3v) is 2.81. The first kappa shape index (κ1) is 11.1. The van der Waals surface area contributed by atoms with Crippen molar-refractivity contribution in [2.45, 2.75) is 6.92 Å². The third kappa shape index (κ3) is 1.92. The monoisotopic (exact) mass is 223 g/mol. The third-order valence-electron chi connectivity index (χ3n) is 1.72. The summed E-state index contributed by atoms with van der Waals surface area (Å²) in [5.74, 6) is -0.933. The summed E-state index contributed by atoms with van der Waals surface area (Å²) in [4.78, 5) is 10.6. The fourth-order valence-electron chi connectivity index (χ4n) is 1.11. The molecule has 0 aliphatic carbocycles. The molecule has 1 aromatic heterocycles. The Bertz CT molecular complexity index is 358. The number of thiophene rings is 1. The Morgan fingerprint density at radius 1 is 1.50 bits per heavy atom. The molecular weight excluding hydrogens is 216 g/mol. The maximum absolute atomic E-state index is 12.5. The lowest BCUT2D eigenvalue weighted by Gasteiger charge is -2.16. The van der Waals surface area contributed by atoms with Crippen molar-refractivity contribution in [3.63, 3.8) is 0 Å². The molecule has 0 fully saturated rings. The summed E-state index contributed by atoms with van der Waals surface area (Å²) in [6.07, 6.45) is 0. The number of halogens is 3. The van der Waals surface area contributed by atoms with Crippen LogP contribution in [0.2, 0.25) is 0 Å². The summed E-state index contributed by atoms with van der Waals surface area (Å²) in [5, 5.41) is 1.30. The summed E-state index contributed by atoms with van der Waals surface area (Å²) in [6, 6.07) is 0. The molecular formula is C7H7BF3O2S-. The zero-order chi connectivity index (χ0) is 10.9. The smallest absolute Gasteiger partial charge is 0.465 e. The molecule has 0 bridgehead atoms. The van der Waals surface area contributed by atoms with Crippen LogP contribution >= 0.6 is 11.3 Å². The number of rotatable bonds is 2. The van der Waals surface area contributed by atoms with Gasteiger partial charge in [-0.2, -0.15) is 0 Å². The Hall–Kier alpha value is -0.975. The zero-order valence-corrected chi connectivity index (χ0v) is 8.33. The second kappa shape index (κ2) is 3.64. The van der Waals surface area contributed by atoms with E-state index < -0.39 is 18.4 Å². The van der Waals surface area contributed by atoms with Gasteiger partial charge in [-0.15, -0.1) is 11.3 Å². The number of ether oxygens (including phenoxy) is 1. The number of carbonyl (C=O) groups excluding carboxylic acids is 1. The Labute approximate surface area is 82.7 Å². The van der Waals surface area contributed by atoms with Crippen molar-refractivity contribution < 1.29 is 22.5 Å². The van der Waals surface area contributed by atoms with Crippen LogP contribution in [0.25, 0.3) is 0 Å². The average Bonchev–Trinajstić information content (AvgIpc) is 2.44. The van der Waals surface area contributed by atoms with Crippen molar-refractivity contribution in [2.75, 3.05) is 7.11 Å². The highest BCUT2D eigenvalue weighted by Gasteiger charge is 2.33. The van der Waals surface area contributed by atoms with Gasteiger partial charge >= 0.3 is 12.9 Å². The van der Waals surface area contributed by atoms with Crippen molar-refractivity contribution in [2.24, 2.45) is 0 Å². The molecule has 0 N–H and O–H groups in total. The predicted octanol–water partition coefficient (Wildman–Crippen LogP) is 1.90. The van der Waals surface area contributed by atoms with E-state index in [-0.39, 0.29) is 10.4 Å². The highest BCUT2D eigenvalue weighted by molar-refractivity contribution is 7.14. The van der Waals surface area contributed by atoms with E-state index in [4.69, 9.17) is 0 Å². The van der Waals surface area contributed by atoms with E-state index in [2.05, 4.69) is 4.74 Å². The van der Waals surface area contributed by atoms with E-state index in [1.165, 1.54) is 12.3 Å². The predicted molar refractivity (Wildman–Crippen MR) is 49.1 cm³/mol. The SMILES string of the molecule is COC(=O)c1scc(C)c1[B-](F)(F)F. The molecule has 0 saturated carbocycles. The fourth-order valence-corrected chi connectivity index (χ4v) is 2.13. The van der Waals surface area contributed by atoms with Gasteiger partial charge in [0.15, 0.2) is 0 Å². The lowest BCUT2D eigenvalue weighted by atomic mass is 9.77. The van der Waals surface area contributed by atoms with E-state index >= 15 is 0 Å². The van der Waals surface area contributed by atoms with E-state index in [0.29, 0.717) is 0 Å². The van der Waals surface area contributed by atoms with Crippen LogP contribution in [0.4, 0.5) is 12.9 Å². The van der Waals surface area contributed by atoms with Gasteiger partial charge in [-0.3, -0.25) is 0 Å². The van der Waals surface area contributed by atoms with Gasteiger partial charge in [-0.25, -0.2) is 4.79 Å². The first-order chi connectivity index (χ1) is 6.38. The minimum Gasteiger partial charge on any atom is -0.465 e. The van der Waals surface area contributed by atoms with Gasteiger partial charge in [0.1, 0.15) is 0 Å². The molecule has 0 saturated heterocycles. The number of hydrogen-bond donors (Lipinski definition) is 0. The fraction of sp³-hybridized carbons (Fsp3) is 0.286. The lowest BCUT2D eigenvalue weighted by Crippen LogP contribution is -2.38. The van der Waals surface area contributed by atoms with Crippen molar-refractivity contribution >= 4 is 29.7 Å². The standard InChI is InChI=1S/C7H7BF3O2S/c1-4-3-14-6(7(12)13-2)5(4)8(9,10)11/h3H,1-2H3/q-1. The molecule has 0 radical (unpaired) electrons. The maximum Gasteiger partial charge on any atom is 0.511 e. The molecule has 0 atom stereocenters. The van der Waals surface area contributed by atoms with Crippen LogP contribution in [0.15, 0.2) is 5.38 Å². The number of aryl methyl sites for hydroxylation is 1. The van der Waals surface area contributed by atoms with E-state index in [0.717, 1.165) is 18.4 Å². The molecule has 1 heterocycles. The Morgan fingerprint density at radius 3 is 2.50 bits per heavy atom. The lowest BCUT2D eigenvalue weighted by molar-refractivity contribution is 0.0607. The number of methoxy groups -OCH3 is 1. The Balaban J connectivity index is 3.27. The van der Waals surface area contributed by atoms with E-state index in [1.54, 1.807) is 0 Å².